The molecular weight excluding hydrogens is 302 g/mol. The lowest BCUT2D eigenvalue weighted by Gasteiger charge is -2.16. The van der Waals surface area contributed by atoms with Gasteiger partial charge >= 0.3 is 0 Å². The van der Waals surface area contributed by atoms with Crippen LogP contribution in [0, 0.1) is 6.92 Å². The summed E-state index contributed by atoms with van der Waals surface area (Å²) >= 11 is 6.12. The summed E-state index contributed by atoms with van der Waals surface area (Å²) in [5, 5.41) is 11.9. The van der Waals surface area contributed by atoms with Crippen molar-refractivity contribution in [3.8, 4) is 5.75 Å². The molecule has 0 radical (unpaired) electrons. The number of nitrogens with zero attached hydrogens (tertiary/aromatic N) is 4. The van der Waals surface area contributed by atoms with Gasteiger partial charge in [-0.1, -0.05) is 11.6 Å². The van der Waals surface area contributed by atoms with Gasteiger partial charge in [-0.25, -0.2) is 0 Å². The average molecular weight is 320 g/mol. The standard InChI is InChI=1S/C15H18ClN5O/c1-10-7-12(13(22-2)8-11(10)16)18-15-19-14(9-17-20-15)21-5-3-4-6-21/h7-9H,3-6H2,1-2H3,(H,18,19,20). The van der Waals surface area contributed by atoms with Crippen molar-refractivity contribution in [2.75, 3.05) is 30.4 Å². The maximum absolute atomic E-state index is 6.12. The van der Waals surface area contributed by atoms with Gasteiger partial charge in [0.15, 0.2) is 5.82 Å². The fourth-order valence-electron chi connectivity index (χ4n) is 2.50. The molecule has 1 saturated heterocycles. The van der Waals surface area contributed by atoms with E-state index in [4.69, 9.17) is 16.3 Å². The molecule has 1 fully saturated rings. The first-order chi connectivity index (χ1) is 10.7. The van der Waals surface area contributed by atoms with Crippen LogP contribution in [-0.4, -0.2) is 35.4 Å². The molecule has 0 saturated carbocycles. The van der Waals surface area contributed by atoms with Crippen LogP contribution in [0.25, 0.3) is 0 Å². The Kier molecular flexibility index (Phi) is 4.29. The van der Waals surface area contributed by atoms with Gasteiger partial charge in [0.05, 0.1) is 19.0 Å². The lowest BCUT2D eigenvalue weighted by Crippen LogP contribution is -2.20. The molecule has 1 aliphatic rings. The van der Waals surface area contributed by atoms with Crippen molar-refractivity contribution in [2.45, 2.75) is 19.8 Å². The maximum atomic E-state index is 6.12. The molecule has 0 atom stereocenters. The van der Waals surface area contributed by atoms with Crippen LogP contribution >= 0.6 is 11.6 Å². The summed E-state index contributed by atoms with van der Waals surface area (Å²) in [6.45, 7) is 3.97. The lowest BCUT2D eigenvalue weighted by molar-refractivity contribution is 0.416. The second kappa shape index (κ2) is 6.36. The molecule has 1 aromatic carbocycles. The van der Waals surface area contributed by atoms with Gasteiger partial charge in [0, 0.05) is 24.2 Å². The zero-order chi connectivity index (χ0) is 15.5. The number of nitrogens with one attached hydrogen (secondary N) is 1. The molecule has 2 heterocycles. The number of hydrogen-bond acceptors (Lipinski definition) is 6. The molecule has 3 rings (SSSR count). The molecule has 2 aromatic rings. The van der Waals surface area contributed by atoms with Gasteiger partial charge in [0.25, 0.3) is 0 Å². The van der Waals surface area contributed by atoms with Gasteiger partial charge in [0.1, 0.15) is 5.75 Å². The lowest BCUT2D eigenvalue weighted by atomic mass is 10.2. The van der Waals surface area contributed by atoms with E-state index in [-0.39, 0.29) is 0 Å². The SMILES string of the molecule is COc1cc(Cl)c(C)cc1Nc1nncc(N2CCCC2)n1. The number of hydrogen-bond donors (Lipinski definition) is 1. The minimum Gasteiger partial charge on any atom is -0.495 e. The smallest absolute Gasteiger partial charge is 0.249 e. The topological polar surface area (TPSA) is 63.2 Å². The molecule has 0 bridgehead atoms. The third kappa shape index (κ3) is 3.06. The highest BCUT2D eigenvalue weighted by molar-refractivity contribution is 6.31. The van der Waals surface area contributed by atoms with E-state index >= 15 is 0 Å². The van der Waals surface area contributed by atoms with Gasteiger partial charge in [-0.2, -0.15) is 10.1 Å². The second-order valence-corrected chi connectivity index (χ2v) is 5.67. The van der Waals surface area contributed by atoms with E-state index in [1.807, 2.05) is 13.0 Å². The molecule has 6 nitrogen and oxygen atoms in total. The number of benzene rings is 1. The number of ether oxygens (including phenoxy) is 1. The number of methoxy groups -OCH3 is 1. The zero-order valence-electron chi connectivity index (χ0n) is 12.6. The minimum atomic E-state index is 0.449. The van der Waals surface area contributed by atoms with Crippen LogP contribution in [0.2, 0.25) is 5.02 Å². The van der Waals surface area contributed by atoms with Crippen LogP contribution in [-0.2, 0) is 0 Å². The predicted molar refractivity (Wildman–Crippen MR) is 87.3 cm³/mol. The van der Waals surface area contributed by atoms with Crippen LogP contribution in [0.4, 0.5) is 17.5 Å². The van der Waals surface area contributed by atoms with E-state index in [1.54, 1.807) is 19.4 Å². The van der Waals surface area contributed by atoms with Gasteiger partial charge < -0.3 is 15.0 Å². The first kappa shape index (κ1) is 14.8. The van der Waals surface area contributed by atoms with E-state index < -0.39 is 0 Å². The maximum Gasteiger partial charge on any atom is 0.249 e. The van der Waals surface area contributed by atoms with Crippen molar-refractivity contribution in [1.29, 1.82) is 0 Å². The first-order valence-corrected chi connectivity index (χ1v) is 7.61. The highest BCUT2D eigenvalue weighted by Crippen LogP contribution is 2.32. The van der Waals surface area contributed by atoms with Crippen LogP contribution in [0.3, 0.4) is 0 Å². The minimum absolute atomic E-state index is 0.449. The third-order valence-electron chi connectivity index (χ3n) is 3.70. The fraction of sp³-hybridized carbons (Fsp3) is 0.400. The summed E-state index contributed by atoms with van der Waals surface area (Å²) in [5.74, 6) is 1.94. The number of aryl methyl sites for hydroxylation is 1. The Bertz CT molecular complexity index is 673. The van der Waals surface area contributed by atoms with Crippen molar-refractivity contribution in [3.63, 3.8) is 0 Å². The van der Waals surface area contributed by atoms with Gasteiger partial charge in [0.2, 0.25) is 5.95 Å². The van der Waals surface area contributed by atoms with Crippen molar-refractivity contribution in [1.82, 2.24) is 15.2 Å². The fourth-order valence-corrected chi connectivity index (χ4v) is 2.65. The highest BCUT2D eigenvalue weighted by Gasteiger charge is 2.15. The molecule has 7 heteroatoms. The molecule has 1 aliphatic heterocycles. The van der Waals surface area contributed by atoms with Crippen LogP contribution in [0.5, 0.6) is 5.75 Å². The summed E-state index contributed by atoms with van der Waals surface area (Å²) in [7, 11) is 1.60. The number of rotatable bonds is 4. The first-order valence-electron chi connectivity index (χ1n) is 7.23. The monoisotopic (exact) mass is 319 g/mol. The van der Waals surface area contributed by atoms with Gasteiger partial charge in [-0.3, -0.25) is 0 Å². The summed E-state index contributed by atoms with van der Waals surface area (Å²) in [6.07, 6.45) is 4.08. The van der Waals surface area contributed by atoms with Crippen molar-refractivity contribution in [3.05, 3.63) is 28.9 Å². The number of anilines is 3. The molecule has 0 unspecified atom stereocenters. The average Bonchev–Trinajstić information content (AvgIpc) is 3.05. The van der Waals surface area contributed by atoms with E-state index in [2.05, 4.69) is 25.4 Å². The zero-order valence-corrected chi connectivity index (χ0v) is 13.4. The molecule has 22 heavy (non-hydrogen) atoms. The molecule has 0 amide bonds. The number of halogens is 1. The molecule has 1 aromatic heterocycles. The summed E-state index contributed by atoms with van der Waals surface area (Å²) in [6, 6.07) is 3.68. The Hall–Kier alpha value is -2.08. The van der Waals surface area contributed by atoms with E-state index in [9.17, 15) is 0 Å². The molecule has 1 N–H and O–H groups in total. The van der Waals surface area contributed by atoms with E-state index in [0.717, 1.165) is 30.2 Å². The van der Waals surface area contributed by atoms with E-state index in [1.165, 1.54) is 12.8 Å². The molecule has 0 aliphatic carbocycles. The Morgan fingerprint density at radius 2 is 2.05 bits per heavy atom. The predicted octanol–water partition coefficient (Wildman–Crippen LogP) is 3.19. The normalized spacial score (nSPS) is 14.2. The van der Waals surface area contributed by atoms with Crippen LogP contribution in [0.15, 0.2) is 18.3 Å². The van der Waals surface area contributed by atoms with Crippen LogP contribution < -0.4 is 15.0 Å². The second-order valence-electron chi connectivity index (χ2n) is 5.26. The Morgan fingerprint density at radius 1 is 1.27 bits per heavy atom. The third-order valence-corrected chi connectivity index (χ3v) is 4.11. The summed E-state index contributed by atoms with van der Waals surface area (Å²) in [5.41, 5.74) is 1.72. The number of aromatic nitrogens is 3. The molecular formula is C15H18ClN5O. The van der Waals surface area contributed by atoms with Crippen molar-refractivity contribution < 1.29 is 4.74 Å². The van der Waals surface area contributed by atoms with Gasteiger partial charge in [-0.15, -0.1) is 5.10 Å². The van der Waals surface area contributed by atoms with E-state index in [0.29, 0.717) is 16.7 Å². The van der Waals surface area contributed by atoms with Crippen molar-refractivity contribution in [2.24, 2.45) is 0 Å². The Labute approximate surface area is 134 Å². The van der Waals surface area contributed by atoms with Gasteiger partial charge in [-0.05, 0) is 31.4 Å². The summed E-state index contributed by atoms with van der Waals surface area (Å²) in [4.78, 5) is 6.74. The van der Waals surface area contributed by atoms with Crippen molar-refractivity contribution >= 4 is 29.1 Å². The summed E-state index contributed by atoms with van der Waals surface area (Å²) < 4.78 is 5.35. The van der Waals surface area contributed by atoms with Crippen LogP contribution in [0.1, 0.15) is 18.4 Å². The molecule has 0 spiro atoms. The quantitative estimate of drug-likeness (QED) is 0.933. The largest absolute Gasteiger partial charge is 0.495 e. The highest BCUT2D eigenvalue weighted by atomic mass is 35.5. The Morgan fingerprint density at radius 3 is 2.77 bits per heavy atom. The Balaban J connectivity index is 1.86. The molecule has 116 valence electrons.